The molecule has 0 aromatic heterocycles. The molecular weight excluding hydrogens is 269 g/mol. The number of alkyl halides is 1. The van der Waals surface area contributed by atoms with Gasteiger partial charge in [0, 0.05) is 6.54 Å². The molecule has 0 bridgehead atoms. The average Bonchev–Trinajstić information content (AvgIpc) is 2.04. The number of terminal acetylenes is 1. The lowest BCUT2D eigenvalue weighted by molar-refractivity contribution is -0.265. The number of hydrogen-bond donors (Lipinski definition) is 0. The first kappa shape index (κ1) is 11.6. The Morgan fingerprint density at radius 2 is 2.42 bits per heavy atom. The van der Waals surface area contributed by atoms with Crippen molar-refractivity contribution in [3.63, 3.8) is 0 Å². The first-order valence-corrected chi connectivity index (χ1v) is 4.95. The SMILES string of the molecule is C#CC(I)N(CCCC)C(=O)[O-]. The number of hydrogen-bond acceptors (Lipinski definition) is 2. The van der Waals surface area contributed by atoms with Crippen LogP contribution in [-0.4, -0.2) is 21.6 Å². The molecule has 0 aliphatic heterocycles. The second kappa shape index (κ2) is 6.12. The van der Waals surface area contributed by atoms with E-state index in [1.807, 2.05) is 29.5 Å². The highest BCUT2D eigenvalue weighted by Crippen LogP contribution is 2.07. The zero-order valence-electron chi connectivity index (χ0n) is 6.92. The van der Waals surface area contributed by atoms with Crippen molar-refractivity contribution in [2.45, 2.75) is 23.8 Å². The summed E-state index contributed by atoms with van der Waals surface area (Å²) in [5.74, 6) is 2.35. The number of nitrogens with zero attached hydrogens (tertiary/aromatic N) is 1. The Morgan fingerprint density at radius 1 is 1.83 bits per heavy atom. The molecule has 0 aromatic rings. The third-order valence-corrected chi connectivity index (χ3v) is 2.43. The maximum atomic E-state index is 10.5. The van der Waals surface area contributed by atoms with E-state index in [-0.39, 0.29) is 0 Å². The van der Waals surface area contributed by atoms with Gasteiger partial charge in [0.1, 0.15) is 10.1 Å². The molecule has 0 saturated carbocycles. The molecule has 0 saturated heterocycles. The van der Waals surface area contributed by atoms with Crippen molar-refractivity contribution >= 4 is 28.7 Å². The fraction of sp³-hybridized carbons (Fsp3) is 0.625. The van der Waals surface area contributed by atoms with E-state index in [0.717, 1.165) is 17.7 Å². The molecule has 3 nitrogen and oxygen atoms in total. The van der Waals surface area contributed by atoms with Crippen LogP contribution in [0.4, 0.5) is 4.79 Å². The average molecular weight is 280 g/mol. The van der Waals surface area contributed by atoms with Gasteiger partial charge in [0.05, 0.1) is 0 Å². The van der Waals surface area contributed by atoms with Crippen LogP contribution in [0.15, 0.2) is 0 Å². The van der Waals surface area contributed by atoms with Gasteiger partial charge in [-0.1, -0.05) is 19.3 Å². The maximum Gasteiger partial charge on any atom is 0.143 e. The van der Waals surface area contributed by atoms with Gasteiger partial charge in [-0.3, -0.25) is 0 Å². The van der Waals surface area contributed by atoms with E-state index < -0.39 is 10.1 Å². The molecule has 4 heteroatoms. The maximum absolute atomic E-state index is 10.5. The minimum absolute atomic E-state index is 0.417. The van der Waals surface area contributed by atoms with Gasteiger partial charge >= 0.3 is 0 Å². The van der Waals surface area contributed by atoms with E-state index in [4.69, 9.17) is 6.42 Å². The molecule has 1 atom stereocenters. The van der Waals surface area contributed by atoms with E-state index in [2.05, 4.69) is 5.92 Å². The summed E-state index contributed by atoms with van der Waals surface area (Å²) < 4.78 is -0.417. The van der Waals surface area contributed by atoms with Gasteiger partial charge in [-0.05, 0) is 29.0 Å². The Bertz CT molecular complexity index is 188. The number of halogens is 1. The number of carboxylic acid groups (broad SMARTS) is 1. The van der Waals surface area contributed by atoms with Crippen LogP contribution in [0.5, 0.6) is 0 Å². The van der Waals surface area contributed by atoms with Crippen molar-refractivity contribution in [3.8, 4) is 12.3 Å². The highest BCUT2D eigenvalue weighted by Gasteiger charge is 2.10. The fourth-order valence-electron chi connectivity index (χ4n) is 0.716. The first-order valence-electron chi connectivity index (χ1n) is 3.71. The van der Waals surface area contributed by atoms with Crippen LogP contribution in [-0.2, 0) is 0 Å². The summed E-state index contributed by atoms with van der Waals surface area (Å²) in [4.78, 5) is 11.7. The minimum atomic E-state index is -1.19. The fourth-order valence-corrected chi connectivity index (χ4v) is 1.22. The highest BCUT2D eigenvalue weighted by atomic mass is 127. The van der Waals surface area contributed by atoms with E-state index in [1.54, 1.807) is 0 Å². The summed E-state index contributed by atoms with van der Waals surface area (Å²) >= 11 is 1.89. The van der Waals surface area contributed by atoms with Gasteiger partial charge in [0.15, 0.2) is 0 Å². The molecule has 12 heavy (non-hydrogen) atoms. The van der Waals surface area contributed by atoms with Crippen LogP contribution < -0.4 is 5.11 Å². The van der Waals surface area contributed by atoms with Crippen molar-refractivity contribution in [1.29, 1.82) is 0 Å². The van der Waals surface area contributed by atoms with Gasteiger partial charge < -0.3 is 14.8 Å². The Morgan fingerprint density at radius 3 is 2.75 bits per heavy atom. The zero-order valence-corrected chi connectivity index (χ0v) is 9.08. The summed E-state index contributed by atoms with van der Waals surface area (Å²) in [5.41, 5.74) is 0. The quantitative estimate of drug-likeness (QED) is 0.331. The van der Waals surface area contributed by atoms with Crippen molar-refractivity contribution < 1.29 is 9.90 Å². The summed E-state index contributed by atoms with van der Waals surface area (Å²) in [5, 5.41) is 10.5. The van der Waals surface area contributed by atoms with Crippen LogP contribution >= 0.6 is 22.6 Å². The van der Waals surface area contributed by atoms with Crippen molar-refractivity contribution in [1.82, 2.24) is 4.90 Å². The van der Waals surface area contributed by atoms with Crippen LogP contribution in [0.2, 0.25) is 0 Å². The lowest BCUT2D eigenvalue weighted by Gasteiger charge is -2.26. The van der Waals surface area contributed by atoms with Gasteiger partial charge in [-0.15, -0.1) is 6.42 Å². The molecule has 1 amide bonds. The second-order valence-corrected chi connectivity index (χ2v) is 3.50. The van der Waals surface area contributed by atoms with Gasteiger partial charge in [0.25, 0.3) is 0 Å². The van der Waals surface area contributed by atoms with E-state index in [0.29, 0.717) is 6.54 Å². The molecule has 0 aromatic carbocycles. The second-order valence-electron chi connectivity index (χ2n) is 2.32. The van der Waals surface area contributed by atoms with Gasteiger partial charge in [-0.25, -0.2) is 0 Å². The third-order valence-electron chi connectivity index (χ3n) is 1.40. The molecule has 1 unspecified atom stereocenters. The molecule has 0 aliphatic carbocycles. The van der Waals surface area contributed by atoms with E-state index in [9.17, 15) is 9.90 Å². The molecular formula is C8H11INO2-. The summed E-state index contributed by atoms with van der Waals surface area (Å²) in [6.45, 7) is 2.45. The number of rotatable bonds is 4. The van der Waals surface area contributed by atoms with Crippen LogP contribution in [0, 0.1) is 12.3 Å². The minimum Gasteiger partial charge on any atom is -0.530 e. The normalized spacial score (nSPS) is 11.8. The lowest BCUT2D eigenvalue weighted by atomic mass is 10.3. The number of carbonyl (C=O) groups excluding carboxylic acids is 1. The Balaban J connectivity index is 4.06. The monoisotopic (exact) mass is 280 g/mol. The molecule has 0 N–H and O–H groups in total. The standard InChI is InChI=1S/C8H12INO2/c1-3-5-6-10(8(11)12)7(9)4-2/h2,7H,3,5-6H2,1H3,(H,11,12)/p-1. The smallest absolute Gasteiger partial charge is 0.143 e. The van der Waals surface area contributed by atoms with E-state index in [1.165, 1.54) is 0 Å². The van der Waals surface area contributed by atoms with Crippen LogP contribution in [0.25, 0.3) is 0 Å². The van der Waals surface area contributed by atoms with Crippen molar-refractivity contribution in [3.05, 3.63) is 0 Å². The predicted octanol–water partition coefficient (Wildman–Crippen LogP) is 0.826. The van der Waals surface area contributed by atoms with Crippen molar-refractivity contribution in [2.24, 2.45) is 0 Å². The number of carbonyl (C=O) groups is 1. The molecule has 0 heterocycles. The summed E-state index contributed by atoms with van der Waals surface area (Å²) in [6, 6.07) is 0. The molecule has 0 radical (unpaired) electrons. The summed E-state index contributed by atoms with van der Waals surface area (Å²) in [7, 11) is 0. The highest BCUT2D eigenvalue weighted by molar-refractivity contribution is 14.1. The Labute approximate surface area is 86.3 Å². The predicted molar refractivity (Wildman–Crippen MR) is 53.7 cm³/mol. The van der Waals surface area contributed by atoms with Crippen molar-refractivity contribution in [2.75, 3.05) is 6.54 Å². The van der Waals surface area contributed by atoms with Crippen LogP contribution in [0.3, 0.4) is 0 Å². The first-order chi connectivity index (χ1) is 5.63. The largest absolute Gasteiger partial charge is 0.530 e. The molecule has 0 aliphatic rings. The molecule has 0 spiro atoms. The van der Waals surface area contributed by atoms with Gasteiger partial charge in [0.2, 0.25) is 0 Å². The lowest BCUT2D eigenvalue weighted by Crippen LogP contribution is -2.45. The number of unbranched alkanes of at least 4 members (excludes halogenated alkanes) is 1. The van der Waals surface area contributed by atoms with Crippen LogP contribution in [0.1, 0.15) is 19.8 Å². The van der Waals surface area contributed by atoms with E-state index >= 15 is 0 Å². The van der Waals surface area contributed by atoms with Gasteiger partial charge in [-0.2, -0.15) is 0 Å². The molecule has 0 fully saturated rings. The third kappa shape index (κ3) is 3.81. The summed E-state index contributed by atoms with van der Waals surface area (Å²) in [6.07, 6.45) is 5.66. The molecule has 68 valence electrons. The topological polar surface area (TPSA) is 43.4 Å². The Hall–Kier alpha value is -0.440. The molecule has 0 rings (SSSR count). The number of amides is 1. The Kier molecular flexibility index (Phi) is 5.89. The zero-order chi connectivity index (χ0) is 9.56.